The molecule has 1 aromatic carbocycles. The van der Waals surface area contributed by atoms with Gasteiger partial charge in [0.1, 0.15) is 5.69 Å². The summed E-state index contributed by atoms with van der Waals surface area (Å²) in [5, 5.41) is 5.23. The SMILES string of the molecule is CNCCC1CCN(C(=O)c2nccc3ccccc23)CC1.Cl.Cl. The number of carbonyl (C=O) groups excluding carboxylic acids is 1. The van der Waals surface area contributed by atoms with E-state index in [9.17, 15) is 4.79 Å². The molecule has 1 aromatic heterocycles. The van der Waals surface area contributed by atoms with Gasteiger partial charge in [0.25, 0.3) is 5.91 Å². The van der Waals surface area contributed by atoms with Gasteiger partial charge in [-0.1, -0.05) is 24.3 Å². The van der Waals surface area contributed by atoms with Crippen molar-refractivity contribution in [3.63, 3.8) is 0 Å². The summed E-state index contributed by atoms with van der Waals surface area (Å²) in [5.74, 6) is 0.806. The maximum atomic E-state index is 12.8. The monoisotopic (exact) mass is 369 g/mol. The molecule has 6 heteroatoms. The molecular formula is C18H25Cl2N3O. The van der Waals surface area contributed by atoms with Crippen LogP contribution >= 0.6 is 24.8 Å². The third-order valence-corrected chi connectivity index (χ3v) is 4.58. The van der Waals surface area contributed by atoms with Crippen molar-refractivity contribution >= 4 is 41.5 Å². The number of pyridine rings is 1. The maximum Gasteiger partial charge on any atom is 0.273 e. The molecule has 0 radical (unpaired) electrons. The molecule has 0 saturated carbocycles. The number of nitrogens with one attached hydrogen (secondary N) is 1. The van der Waals surface area contributed by atoms with Crippen LogP contribution in [-0.2, 0) is 0 Å². The zero-order valence-corrected chi connectivity index (χ0v) is 15.5. The van der Waals surface area contributed by atoms with Crippen molar-refractivity contribution in [1.82, 2.24) is 15.2 Å². The molecule has 2 heterocycles. The van der Waals surface area contributed by atoms with E-state index in [0.29, 0.717) is 5.69 Å². The molecule has 1 aliphatic heterocycles. The van der Waals surface area contributed by atoms with E-state index in [1.807, 2.05) is 42.3 Å². The maximum absolute atomic E-state index is 12.8. The Balaban J connectivity index is 0.00000144. The number of piperidine rings is 1. The molecule has 0 spiro atoms. The van der Waals surface area contributed by atoms with Crippen molar-refractivity contribution in [3.05, 3.63) is 42.2 Å². The van der Waals surface area contributed by atoms with Gasteiger partial charge in [0, 0.05) is 24.7 Å². The van der Waals surface area contributed by atoms with Gasteiger partial charge in [0.15, 0.2) is 0 Å². The summed E-state index contributed by atoms with van der Waals surface area (Å²) in [6.07, 6.45) is 5.12. The minimum absolute atomic E-state index is 0. The van der Waals surface area contributed by atoms with Gasteiger partial charge in [0.05, 0.1) is 0 Å². The standard InChI is InChI=1S/C18H23N3O.2ClH/c1-19-10-6-14-8-12-21(13-9-14)18(22)17-16-5-3-2-4-15(16)7-11-20-17;;/h2-5,7,11,14,19H,6,8-10,12-13H2,1H3;2*1H. The molecule has 1 saturated heterocycles. The fourth-order valence-electron chi connectivity index (χ4n) is 3.21. The number of nitrogens with zero attached hydrogens (tertiary/aromatic N) is 2. The molecule has 0 aliphatic carbocycles. The van der Waals surface area contributed by atoms with Gasteiger partial charge < -0.3 is 10.2 Å². The Morgan fingerprint density at radius 3 is 2.62 bits per heavy atom. The highest BCUT2D eigenvalue weighted by Crippen LogP contribution is 2.23. The van der Waals surface area contributed by atoms with E-state index >= 15 is 0 Å². The molecule has 0 unspecified atom stereocenters. The average Bonchev–Trinajstić information content (AvgIpc) is 2.59. The lowest BCUT2D eigenvalue weighted by molar-refractivity contribution is 0.0683. The molecule has 3 rings (SSSR count). The number of halogens is 2. The summed E-state index contributed by atoms with van der Waals surface area (Å²) in [5.41, 5.74) is 0.590. The lowest BCUT2D eigenvalue weighted by atomic mass is 9.93. The Kier molecular flexibility index (Phi) is 8.46. The Hall–Kier alpha value is -1.36. The van der Waals surface area contributed by atoms with Crippen molar-refractivity contribution < 1.29 is 4.79 Å². The summed E-state index contributed by atoms with van der Waals surface area (Å²) in [6.45, 7) is 2.75. The second kappa shape index (κ2) is 9.82. The van der Waals surface area contributed by atoms with E-state index < -0.39 is 0 Å². The highest BCUT2D eigenvalue weighted by atomic mass is 35.5. The van der Waals surface area contributed by atoms with Crippen molar-refractivity contribution in [2.45, 2.75) is 19.3 Å². The van der Waals surface area contributed by atoms with Gasteiger partial charge in [-0.25, -0.2) is 0 Å². The molecule has 1 amide bonds. The van der Waals surface area contributed by atoms with Crippen molar-refractivity contribution in [3.8, 4) is 0 Å². The molecule has 2 aromatic rings. The topological polar surface area (TPSA) is 45.2 Å². The quantitative estimate of drug-likeness (QED) is 0.896. The number of amides is 1. The fraction of sp³-hybridized carbons (Fsp3) is 0.444. The van der Waals surface area contributed by atoms with Crippen LogP contribution in [0.25, 0.3) is 10.8 Å². The van der Waals surface area contributed by atoms with Crippen LogP contribution in [0.4, 0.5) is 0 Å². The van der Waals surface area contributed by atoms with E-state index in [0.717, 1.165) is 49.2 Å². The molecule has 24 heavy (non-hydrogen) atoms. The number of aromatic nitrogens is 1. The molecular weight excluding hydrogens is 345 g/mol. The molecule has 0 bridgehead atoms. The first-order valence-electron chi connectivity index (χ1n) is 8.07. The lowest BCUT2D eigenvalue weighted by Crippen LogP contribution is -2.39. The summed E-state index contributed by atoms with van der Waals surface area (Å²) in [6, 6.07) is 9.91. The van der Waals surface area contributed by atoms with E-state index in [1.54, 1.807) is 6.20 Å². The first kappa shape index (κ1) is 20.7. The van der Waals surface area contributed by atoms with Gasteiger partial charge >= 0.3 is 0 Å². The number of hydrogen-bond acceptors (Lipinski definition) is 3. The number of hydrogen-bond donors (Lipinski definition) is 1. The third kappa shape index (κ3) is 4.59. The summed E-state index contributed by atoms with van der Waals surface area (Å²) in [4.78, 5) is 19.1. The fourth-order valence-corrected chi connectivity index (χ4v) is 3.21. The minimum atomic E-state index is 0. The van der Waals surface area contributed by atoms with E-state index in [1.165, 1.54) is 6.42 Å². The summed E-state index contributed by atoms with van der Waals surface area (Å²) in [7, 11) is 1.99. The second-order valence-corrected chi connectivity index (χ2v) is 6.01. The molecule has 0 atom stereocenters. The van der Waals surface area contributed by atoms with E-state index in [2.05, 4.69) is 10.3 Å². The normalized spacial score (nSPS) is 14.8. The smallest absolute Gasteiger partial charge is 0.273 e. The van der Waals surface area contributed by atoms with Crippen LogP contribution in [0.3, 0.4) is 0 Å². The number of fused-ring (bicyclic) bond motifs is 1. The highest BCUT2D eigenvalue weighted by Gasteiger charge is 2.25. The zero-order valence-electron chi connectivity index (χ0n) is 13.9. The first-order chi connectivity index (χ1) is 10.8. The Morgan fingerprint density at radius 1 is 1.21 bits per heavy atom. The minimum Gasteiger partial charge on any atom is -0.337 e. The largest absolute Gasteiger partial charge is 0.337 e. The van der Waals surface area contributed by atoms with Crippen LogP contribution in [0.5, 0.6) is 0 Å². The van der Waals surface area contributed by atoms with Crippen molar-refractivity contribution in [1.29, 1.82) is 0 Å². The average molecular weight is 370 g/mol. The Morgan fingerprint density at radius 2 is 1.92 bits per heavy atom. The second-order valence-electron chi connectivity index (χ2n) is 6.01. The van der Waals surface area contributed by atoms with Crippen LogP contribution in [0.15, 0.2) is 36.5 Å². The molecule has 1 fully saturated rings. The number of carbonyl (C=O) groups is 1. The summed E-state index contributed by atoms with van der Waals surface area (Å²) >= 11 is 0. The van der Waals surface area contributed by atoms with Gasteiger partial charge in [-0.15, -0.1) is 24.8 Å². The van der Waals surface area contributed by atoms with Gasteiger partial charge in [-0.2, -0.15) is 0 Å². The first-order valence-corrected chi connectivity index (χ1v) is 8.07. The zero-order chi connectivity index (χ0) is 15.4. The molecule has 1 N–H and O–H groups in total. The van der Waals surface area contributed by atoms with Crippen LogP contribution in [-0.4, -0.2) is 42.5 Å². The summed E-state index contributed by atoms with van der Waals surface area (Å²) < 4.78 is 0. The van der Waals surface area contributed by atoms with Gasteiger partial charge in [-0.05, 0) is 50.2 Å². The van der Waals surface area contributed by atoms with Gasteiger partial charge in [0.2, 0.25) is 0 Å². The molecule has 1 aliphatic rings. The van der Waals surface area contributed by atoms with E-state index in [4.69, 9.17) is 0 Å². The number of likely N-dealkylation sites (tertiary alicyclic amines) is 1. The van der Waals surface area contributed by atoms with Crippen LogP contribution in [0, 0.1) is 5.92 Å². The predicted octanol–water partition coefficient (Wildman–Crippen LogP) is 3.54. The number of benzene rings is 1. The highest BCUT2D eigenvalue weighted by molar-refractivity contribution is 6.05. The Bertz CT molecular complexity index is 652. The third-order valence-electron chi connectivity index (χ3n) is 4.58. The number of rotatable bonds is 4. The van der Waals surface area contributed by atoms with Gasteiger partial charge in [-0.3, -0.25) is 9.78 Å². The lowest BCUT2D eigenvalue weighted by Gasteiger charge is -2.32. The van der Waals surface area contributed by atoms with Crippen LogP contribution in [0.1, 0.15) is 29.8 Å². The van der Waals surface area contributed by atoms with Crippen molar-refractivity contribution in [2.24, 2.45) is 5.92 Å². The predicted molar refractivity (Wildman–Crippen MR) is 103 cm³/mol. The van der Waals surface area contributed by atoms with Crippen molar-refractivity contribution in [2.75, 3.05) is 26.7 Å². The van der Waals surface area contributed by atoms with Crippen LogP contribution < -0.4 is 5.32 Å². The van der Waals surface area contributed by atoms with E-state index in [-0.39, 0.29) is 30.7 Å². The molecule has 4 nitrogen and oxygen atoms in total. The molecule has 132 valence electrons. The Labute approximate surface area is 155 Å². The van der Waals surface area contributed by atoms with Crippen LogP contribution in [0.2, 0.25) is 0 Å².